The lowest BCUT2D eigenvalue weighted by atomic mass is 10.00. The van der Waals surface area contributed by atoms with E-state index in [1.165, 1.54) is 11.1 Å². The van der Waals surface area contributed by atoms with Gasteiger partial charge in [-0.05, 0) is 18.4 Å². The highest BCUT2D eigenvalue weighted by atomic mass is 127. The minimum atomic E-state index is 0.516. The van der Waals surface area contributed by atoms with E-state index in [2.05, 4.69) is 61.6 Å². The first-order chi connectivity index (χ1) is 6.57. The zero-order valence-electron chi connectivity index (χ0n) is 9.17. The van der Waals surface area contributed by atoms with E-state index in [0.717, 1.165) is 5.75 Å². The molecule has 14 heavy (non-hydrogen) atoms. The van der Waals surface area contributed by atoms with E-state index >= 15 is 0 Å². The van der Waals surface area contributed by atoms with Crippen molar-refractivity contribution in [2.24, 2.45) is 5.92 Å². The molecule has 0 aromatic heterocycles. The van der Waals surface area contributed by atoms with Crippen LogP contribution in [0.15, 0.2) is 18.2 Å². The second kappa shape index (κ2) is 5.01. The maximum absolute atomic E-state index is 5.44. The van der Waals surface area contributed by atoms with Gasteiger partial charge in [0.1, 0.15) is 5.75 Å². The van der Waals surface area contributed by atoms with Crippen molar-refractivity contribution in [1.29, 1.82) is 0 Å². The normalized spacial score (nSPS) is 13.0. The van der Waals surface area contributed by atoms with Crippen LogP contribution in [0.25, 0.3) is 0 Å². The molecule has 1 nitrogen and oxygen atoms in total. The number of aryl methyl sites for hydroxylation is 1. The van der Waals surface area contributed by atoms with E-state index < -0.39 is 0 Å². The Labute approximate surface area is 100.0 Å². The van der Waals surface area contributed by atoms with Crippen LogP contribution in [0.3, 0.4) is 0 Å². The van der Waals surface area contributed by atoms with Gasteiger partial charge in [-0.2, -0.15) is 0 Å². The summed E-state index contributed by atoms with van der Waals surface area (Å²) in [4.78, 5) is 0. The summed E-state index contributed by atoms with van der Waals surface area (Å²) in [5, 5.41) is 0. The highest BCUT2D eigenvalue weighted by molar-refractivity contribution is 14.1. The molecule has 1 unspecified atom stereocenters. The molecule has 0 amide bonds. The van der Waals surface area contributed by atoms with Gasteiger partial charge in [-0.3, -0.25) is 0 Å². The minimum absolute atomic E-state index is 0.516. The van der Waals surface area contributed by atoms with Gasteiger partial charge in [0.2, 0.25) is 0 Å². The summed E-state index contributed by atoms with van der Waals surface area (Å²) in [7, 11) is 1.75. The highest BCUT2D eigenvalue weighted by Crippen LogP contribution is 2.38. The minimum Gasteiger partial charge on any atom is -0.496 e. The van der Waals surface area contributed by atoms with E-state index in [1.54, 1.807) is 7.11 Å². The van der Waals surface area contributed by atoms with E-state index in [-0.39, 0.29) is 0 Å². The fraction of sp³-hybridized carbons (Fsp3) is 0.500. The number of halogens is 1. The number of rotatable bonds is 3. The van der Waals surface area contributed by atoms with Gasteiger partial charge in [0.25, 0.3) is 0 Å². The number of hydrogen-bond donors (Lipinski definition) is 0. The molecule has 0 saturated heterocycles. The van der Waals surface area contributed by atoms with Crippen LogP contribution >= 0.6 is 22.6 Å². The lowest BCUT2D eigenvalue weighted by Crippen LogP contribution is -2.02. The van der Waals surface area contributed by atoms with E-state index in [9.17, 15) is 0 Å². The fourth-order valence-corrected chi connectivity index (χ4v) is 2.02. The van der Waals surface area contributed by atoms with Crippen LogP contribution in [0.4, 0.5) is 0 Å². The molecule has 0 aliphatic carbocycles. The SMILES string of the molecule is COc1c(C)cccc1C(I)C(C)C. The Hall–Kier alpha value is -0.250. The average molecular weight is 304 g/mol. The molecule has 0 aliphatic heterocycles. The van der Waals surface area contributed by atoms with Crippen molar-refractivity contribution < 1.29 is 4.74 Å². The summed E-state index contributed by atoms with van der Waals surface area (Å²) in [6.07, 6.45) is 0. The quantitative estimate of drug-likeness (QED) is 0.602. The largest absolute Gasteiger partial charge is 0.496 e. The summed E-state index contributed by atoms with van der Waals surface area (Å²) in [5.41, 5.74) is 2.52. The van der Waals surface area contributed by atoms with Crippen LogP contribution in [0.2, 0.25) is 0 Å². The standard InChI is InChI=1S/C12H17IO/c1-8(2)11(13)10-7-5-6-9(3)12(10)14-4/h5-8,11H,1-4H3. The van der Waals surface area contributed by atoms with Crippen molar-refractivity contribution in [3.8, 4) is 5.75 Å². The zero-order valence-corrected chi connectivity index (χ0v) is 11.3. The van der Waals surface area contributed by atoms with Crippen molar-refractivity contribution >= 4 is 22.6 Å². The van der Waals surface area contributed by atoms with Crippen LogP contribution in [-0.4, -0.2) is 7.11 Å². The lowest BCUT2D eigenvalue weighted by Gasteiger charge is -2.18. The number of benzene rings is 1. The van der Waals surface area contributed by atoms with Crippen molar-refractivity contribution in [2.75, 3.05) is 7.11 Å². The lowest BCUT2D eigenvalue weighted by molar-refractivity contribution is 0.404. The van der Waals surface area contributed by atoms with Gasteiger partial charge in [-0.25, -0.2) is 0 Å². The molecule has 0 aliphatic rings. The van der Waals surface area contributed by atoms with Crippen LogP contribution in [0.1, 0.15) is 28.9 Å². The zero-order chi connectivity index (χ0) is 10.7. The summed E-state index contributed by atoms with van der Waals surface area (Å²) in [6, 6.07) is 6.34. The van der Waals surface area contributed by atoms with E-state index in [1.807, 2.05) is 0 Å². The molecule has 0 N–H and O–H groups in total. The van der Waals surface area contributed by atoms with Gasteiger partial charge in [-0.1, -0.05) is 54.6 Å². The Morgan fingerprint density at radius 3 is 2.43 bits per heavy atom. The first kappa shape index (κ1) is 11.8. The Bertz CT molecular complexity index is 307. The smallest absolute Gasteiger partial charge is 0.126 e. The summed E-state index contributed by atoms with van der Waals surface area (Å²) in [6.45, 7) is 6.56. The summed E-state index contributed by atoms with van der Waals surface area (Å²) < 4.78 is 5.96. The third-order valence-electron chi connectivity index (χ3n) is 2.33. The second-order valence-electron chi connectivity index (χ2n) is 3.84. The molecule has 0 heterocycles. The van der Waals surface area contributed by atoms with Crippen molar-refractivity contribution in [1.82, 2.24) is 0 Å². The Kier molecular flexibility index (Phi) is 4.23. The predicted octanol–water partition coefficient (Wildman–Crippen LogP) is 4.14. The molecule has 1 aromatic rings. The van der Waals surface area contributed by atoms with Gasteiger partial charge in [0, 0.05) is 9.49 Å². The molecular weight excluding hydrogens is 287 g/mol. The molecule has 0 bridgehead atoms. The maximum Gasteiger partial charge on any atom is 0.126 e. The van der Waals surface area contributed by atoms with Gasteiger partial charge < -0.3 is 4.74 Å². The van der Waals surface area contributed by atoms with Crippen molar-refractivity contribution in [3.63, 3.8) is 0 Å². The second-order valence-corrected chi connectivity index (χ2v) is 5.19. The molecule has 0 fully saturated rings. The van der Waals surface area contributed by atoms with Gasteiger partial charge in [-0.15, -0.1) is 0 Å². The predicted molar refractivity (Wildman–Crippen MR) is 69.3 cm³/mol. The van der Waals surface area contributed by atoms with Crippen molar-refractivity contribution in [3.05, 3.63) is 29.3 Å². The number of methoxy groups -OCH3 is 1. The first-order valence-corrected chi connectivity index (χ1v) is 6.10. The Balaban J connectivity index is 3.13. The first-order valence-electron chi connectivity index (χ1n) is 4.85. The van der Waals surface area contributed by atoms with Gasteiger partial charge >= 0.3 is 0 Å². The van der Waals surface area contributed by atoms with Gasteiger partial charge in [0.15, 0.2) is 0 Å². The van der Waals surface area contributed by atoms with E-state index in [0.29, 0.717) is 9.84 Å². The summed E-state index contributed by atoms with van der Waals surface area (Å²) in [5.74, 6) is 1.67. The number of hydrogen-bond acceptors (Lipinski definition) is 1. The third kappa shape index (κ3) is 2.41. The molecule has 1 rings (SSSR count). The third-order valence-corrected chi connectivity index (χ3v) is 4.44. The number of alkyl halides is 1. The molecule has 1 aromatic carbocycles. The van der Waals surface area contributed by atoms with Crippen molar-refractivity contribution in [2.45, 2.75) is 24.7 Å². The van der Waals surface area contributed by atoms with Crippen LogP contribution < -0.4 is 4.74 Å². The average Bonchev–Trinajstić information content (AvgIpc) is 2.16. The van der Waals surface area contributed by atoms with Gasteiger partial charge in [0.05, 0.1) is 7.11 Å². The molecule has 1 atom stereocenters. The van der Waals surface area contributed by atoms with E-state index in [4.69, 9.17) is 4.74 Å². The van der Waals surface area contributed by atoms with Crippen LogP contribution in [-0.2, 0) is 0 Å². The monoisotopic (exact) mass is 304 g/mol. The molecule has 0 spiro atoms. The summed E-state index contributed by atoms with van der Waals surface area (Å²) >= 11 is 2.48. The Morgan fingerprint density at radius 1 is 1.29 bits per heavy atom. The fourth-order valence-electron chi connectivity index (χ4n) is 1.53. The maximum atomic E-state index is 5.44. The molecule has 0 radical (unpaired) electrons. The number of ether oxygens (including phenoxy) is 1. The molecule has 78 valence electrons. The Morgan fingerprint density at radius 2 is 1.93 bits per heavy atom. The molecule has 2 heteroatoms. The highest BCUT2D eigenvalue weighted by Gasteiger charge is 2.17. The van der Waals surface area contributed by atoms with Crippen LogP contribution in [0, 0.1) is 12.8 Å². The topological polar surface area (TPSA) is 9.23 Å². The van der Waals surface area contributed by atoms with Crippen LogP contribution in [0.5, 0.6) is 5.75 Å². The molecule has 0 saturated carbocycles. The number of para-hydroxylation sites is 1. The molecular formula is C12H17IO.